The monoisotopic (exact) mass is 699 g/mol. The molecular formula is C50H29N5. The van der Waals surface area contributed by atoms with Crippen molar-refractivity contribution in [2.45, 2.75) is 0 Å². The van der Waals surface area contributed by atoms with Crippen LogP contribution in [0.25, 0.3) is 93.6 Å². The third-order valence-corrected chi connectivity index (χ3v) is 11.1. The van der Waals surface area contributed by atoms with Crippen LogP contribution in [0.15, 0.2) is 176 Å². The standard InChI is InChI=1S/C50H29N5/c51-30-32-26-27-47-40(28-32)38-16-3-7-21-44(38)54(47)46-23-10-18-35(41(46)31-52)33-12-9-13-34(29-33)53-45-22-8-4-17-39(45)50-48(53)24-11-25-49(50)55-42-19-5-1-14-36(42)37-15-2-6-20-43(37)55/h1-29H. The lowest BCUT2D eigenvalue weighted by molar-refractivity contribution is 1.16. The van der Waals surface area contributed by atoms with Crippen molar-refractivity contribution < 1.29 is 0 Å². The second kappa shape index (κ2) is 11.8. The van der Waals surface area contributed by atoms with E-state index in [9.17, 15) is 10.5 Å². The van der Waals surface area contributed by atoms with Crippen molar-refractivity contribution in [1.29, 1.82) is 10.5 Å². The highest BCUT2D eigenvalue weighted by molar-refractivity contribution is 6.16. The van der Waals surface area contributed by atoms with Crippen LogP contribution in [0.5, 0.6) is 0 Å². The molecule has 0 bridgehead atoms. The van der Waals surface area contributed by atoms with Crippen LogP contribution in [0.4, 0.5) is 0 Å². The summed E-state index contributed by atoms with van der Waals surface area (Å²) in [6.07, 6.45) is 0. The van der Waals surface area contributed by atoms with Crippen LogP contribution >= 0.6 is 0 Å². The predicted molar refractivity (Wildman–Crippen MR) is 224 cm³/mol. The van der Waals surface area contributed by atoms with E-state index in [-0.39, 0.29) is 0 Å². The molecule has 0 fully saturated rings. The number of hydrogen-bond acceptors (Lipinski definition) is 2. The van der Waals surface area contributed by atoms with Crippen molar-refractivity contribution in [1.82, 2.24) is 13.7 Å². The lowest BCUT2D eigenvalue weighted by Gasteiger charge is -2.15. The zero-order valence-corrected chi connectivity index (χ0v) is 29.5. The van der Waals surface area contributed by atoms with Crippen molar-refractivity contribution in [2.75, 3.05) is 0 Å². The van der Waals surface area contributed by atoms with Gasteiger partial charge in [-0.3, -0.25) is 0 Å². The maximum Gasteiger partial charge on any atom is 0.102 e. The summed E-state index contributed by atoms with van der Waals surface area (Å²) in [5, 5.41) is 27.4. The number of benzene rings is 8. The van der Waals surface area contributed by atoms with Crippen LogP contribution in [0.1, 0.15) is 11.1 Å². The van der Waals surface area contributed by atoms with Gasteiger partial charge in [0, 0.05) is 43.6 Å². The number of hydrogen-bond donors (Lipinski definition) is 0. The van der Waals surface area contributed by atoms with Crippen molar-refractivity contribution in [3.8, 4) is 40.3 Å². The summed E-state index contributed by atoms with van der Waals surface area (Å²) < 4.78 is 6.91. The lowest BCUT2D eigenvalue weighted by Crippen LogP contribution is -2.00. The smallest absolute Gasteiger partial charge is 0.102 e. The van der Waals surface area contributed by atoms with Gasteiger partial charge in [-0.25, -0.2) is 0 Å². The Morgan fingerprint density at radius 2 is 0.891 bits per heavy atom. The molecule has 5 heteroatoms. The molecule has 8 aromatic carbocycles. The number of nitriles is 2. The fraction of sp³-hybridized carbons (Fsp3) is 0. The Morgan fingerprint density at radius 3 is 1.56 bits per heavy atom. The highest BCUT2D eigenvalue weighted by Gasteiger charge is 2.21. The molecule has 0 aliphatic heterocycles. The van der Waals surface area contributed by atoms with Crippen LogP contribution in [0.3, 0.4) is 0 Å². The average Bonchev–Trinajstić information content (AvgIpc) is 3.89. The second-order valence-corrected chi connectivity index (χ2v) is 14.0. The van der Waals surface area contributed by atoms with Gasteiger partial charge in [0.25, 0.3) is 0 Å². The number of nitrogens with zero attached hydrogens (tertiary/aromatic N) is 5. The normalized spacial score (nSPS) is 11.6. The van der Waals surface area contributed by atoms with Gasteiger partial charge in [-0.15, -0.1) is 0 Å². The first-order valence-electron chi connectivity index (χ1n) is 18.3. The molecule has 0 saturated heterocycles. The maximum absolute atomic E-state index is 10.9. The Morgan fingerprint density at radius 1 is 0.364 bits per heavy atom. The average molecular weight is 700 g/mol. The molecule has 0 saturated carbocycles. The molecule has 3 heterocycles. The molecule has 0 spiro atoms. The van der Waals surface area contributed by atoms with E-state index in [4.69, 9.17) is 0 Å². The summed E-state index contributed by atoms with van der Waals surface area (Å²) in [5.74, 6) is 0. The molecule has 0 unspecified atom stereocenters. The van der Waals surface area contributed by atoms with Gasteiger partial charge < -0.3 is 13.7 Å². The van der Waals surface area contributed by atoms with Gasteiger partial charge in [-0.05, 0) is 78.4 Å². The van der Waals surface area contributed by atoms with E-state index in [2.05, 4.69) is 153 Å². The van der Waals surface area contributed by atoms with Crippen molar-refractivity contribution in [2.24, 2.45) is 0 Å². The Bertz CT molecular complexity index is 3420. The molecule has 0 atom stereocenters. The fourth-order valence-electron chi connectivity index (χ4n) is 8.85. The topological polar surface area (TPSA) is 62.4 Å². The van der Waals surface area contributed by atoms with E-state index < -0.39 is 0 Å². The van der Waals surface area contributed by atoms with Crippen molar-refractivity contribution in [3.63, 3.8) is 0 Å². The summed E-state index contributed by atoms with van der Waals surface area (Å²) in [7, 11) is 0. The SMILES string of the molecule is N#Cc1ccc2c(c1)c1ccccc1n2-c1cccc(-c2cccc(-n3c4ccccc4c4c(-n5c6ccccc6c6ccccc65)cccc43)c2)c1C#N. The van der Waals surface area contributed by atoms with Gasteiger partial charge >= 0.3 is 0 Å². The molecule has 55 heavy (non-hydrogen) atoms. The third kappa shape index (κ3) is 4.39. The highest BCUT2D eigenvalue weighted by atomic mass is 15.0. The number of fused-ring (bicyclic) bond motifs is 9. The van der Waals surface area contributed by atoms with Crippen LogP contribution < -0.4 is 0 Å². The highest BCUT2D eigenvalue weighted by Crippen LogP contribution is 2.41. The van der Waals surface area contributed by atoms with Crippen LogP contribution in [0, 0.1) is 22.7 Å². The first-order chi connectivity index (χ1) is 27.2. The van der Waals surface area contributed by atoms with E-state index in [0.29, 0.717) is 11.1 Å². The minimum Gasteiger partial charge on any atom is -0.309 e. The van der Waals surface area contributed by atoms with E-state index in [1.54, 1.807) is 0 Å². The largest absolute Gasteiger partial charge is 0.309 e. The van der Waals surface area contributed by atoms with E-state index >= 15 is 0 Å². The summed E-state index contributed by atoms with van der Waals surface area (Å²) in [5.41, 5.74) is 12.4. The van der Waals surface area contributed by atoms with Crippen LogP contribution in [0.2, 0.25) is 0 Å². The molecule has 254 valence electrons. The summed E-state index contributed by atoms with van der Waals surface area (Å²) in [6.45, 7) is 0. The molecule has 0 aliphatic rings. The van der Waals surface area contributed by atoms with Gasteiger partial charge in [0.15, 0.2) is 0 Å². The Hall–Kier alpha value is -7.86. The zero-order valence-electron chi connectivity index (χ0n) is 29.5. The van der Waals surface area contributed by atoms with E-state index in [0.717, 1.165) is 61.0 Å². The number of para-hydroxylation sites is 4. The molecule has 5 nitrogen and oxygen atoms in total. The molecule has 11 aromatic rings. The minimum absolute atomic E-state index is 0.586. The molecule has 0 aliphatic carbocycles. The molecule has 0 amide bonds. The van der Waals surface area contributed by atoms with Gasteiger partial charge in [0.2, 0.25) is 0 Å². The Labute approximate surface area is 316 Å². The van der Waals surface area contributed by atoms with Gasteiger partial charge in [-0.1, -0.05) is 103 Å². The summed E-state index contributed by atoms with van der Waals surface area (Å²) in [6, 6.07) is 65.9. The second-order valence-electron chi connectivity index (χ2n) is 14.0. The molecule has 0 radical (unpaired) electrons. The Kier molecular flexibility index (Phi) is 6.61. The summed E-state index contributed by atoms with van der Waals surface area (Å²) in [4.78, 5) is 0. The van der Waals surface area contributed by atoms with E-state index in [1.165, 1.54) is 32.6 Å². The molecule has 0 N–H and O–H groups in total. The third-order valence-electron chi connectivity index (χ3n) is 11.1. The Balaban J connectivity index is 1.13. The number of rotatable bonds is 4. The van der Waals surface area contributed by atoms with E-state index in [1.807, 2.05) is 48.5 Å². The quantitative estimate of drug-likeness (QED) is 0.184. The summed E-state index contributed by atoms with van der Waals surface area (Å²) >= 11 is 0. The molecule has 3 aromatic heterocycles. The predicted octanol–water partition coefficient (Wildman–Crippen LogP) is 12.4. The fourth-order valence-corrected chi connectivity index (χ4v) is 8.85. The zero-order chi connectivity index (χ0) is 36.6. The van der Waals surface area contributed by atoms with Crippen LogP contribution in [-0.4, -0.2) is 13.7 Å². The first kappa shape index (κ1) is 30.7. The number of aromatic nitrogens is 3. The van der Waals surface area contributed by atoms with Gasteiger partial charge in [0.1, 0.15) is 6.07 Å². The lowest BCUT2D eigenvalue weighted by atomic mass is 9.98. The van der Waals surface area contributed by atoms with Gasteiger partial charge in [0.05, 0.1) is 61.7 Å². The van der Waals surface area contributed by atoms with Crippen molar-refractivity contribution >= 4 is 65.4 Å². The first-order valence-corrected chi connectivity index (χ1v) is 18.3. The van der Waals surface area contributed by atoms with Crippen LogP contribution in [-0.2, 0) is 0 Å². The molecule has 11 rings (SSSR count). The minimum atomic E-state index is 0.586. The van der Waals surface area contributed by atoms with Crippen molar-refractivity contribution in [3.05, 3.63) is 187 Å². The molecular weight excluding hydrogens is 671 g/mol. The van der Waals surface area contributed by atoms with Gasteiger partial charge in [-0.2, -0.15) is 10.5 Å². The maximum atomic E-state index is 10.9.